The van der Waals surface area contributed by atoms with Crippen molar-refractivity contribution in [3.8, 4) is 0 Å². The molecule has 0 bridgehead atoms. The van der Waals surface area contributed by atoms with E-state index in [9.17, 15) is 18.0 Å². The van der Waals surface area contributed by atoms with Gasteiger partial charge in [0.2, 0.25) is 0 Å². The molecule has 1 aromatic carbocycles. The van der Waals surface area contributed by atoms with Crippen LogP contribution < -0.4 is 5.32 Å². The molecule has 0 saturated heterocycles. The number of carbonyl (C=O) groups excluding carboxylic acids is 1. The van der Waals surface area contributed by atoms with Crippen LogP contribution in [-0.2, 0) is 6.18 Å². The maximum absolute atomic E-state index is 12.8. The van der Waals surface area contributed by atoms with Crippen LogP contribution in [0.2, 0.25) is 0 Å². The first-order valence-electron chi connectivity index (χ1n) is 5.78. The second-order valence-corrected chi connectivity index (χ2v) is 4.16. The highest BCUT2D eigenvalue weighted by molar-refractivity contribution is 5.92. The molecule has 104 valence electrons. The second kappa shape index (κ2) is 5.32. The van der Waals surface area contributed by atoms with E-state index in [1.807, 2.05) is 0 Å². The highest BCUT2D eigenvalue weighted by atomic mass is 19.4. The molecule has 0 aliphatic heterocycles. The lowest BCUT2D eigenvalue weighted by molar-refractivity contribution is -0.136. The quantitative estimate of drug-likeness (QED) is 0.862. The van der Waals surface area contributed by atoms with Crippen molar-refractivity contribution in [1.29, 1.82) is 0 Å². The van der Waals surface area contributed by atoms with Crippen LogP contribution in [-0.4, -0.2) is 10.8 Å². The Morgan fingerprint density at radius 1 is 1.15 bits per heavy atom. The Morgan fingerprint density at radius 2 is 1.85 bits per heavy atom. The molecule has 6 heteroatoms. The Balaban J connectivity index is 2.28. The van der Waals surface area contributed by atoms with Gasteiger partial charge in [0.1, 0.15) is 5.69 Å². The fourth-order valence-electron chi connectivity index (χ4n) is 1.67. The number of benzene rings is 1. The van der Waals surface area contributed by atoms with Gasteiger partial charge in [0, 0.05) is 6.92 Å². The van der Waals surface area contributed by atoms with E-state index in [0.29, 0.717) is 5.69 Å². The van der Waals surface area contributed by atoms with E-state index in [2.05, 4.69) is 10.3 Å². The summed E-state index contributed by atoms with van der Waals surface area (Å²) in [5.74, 6) is -0.202. The van der Waals surface area contributed by atoms with Crippen LogP contribution in [0.15, 0.2) is 42.6 Å². The topological polar surface area (TPSA) is 42.0 Å². The number of para-hydroxylation sites is 1. The minimum Gasteiger partial charge on any atom is -0.354 e. The van der Waals surface area contributed by atoms with Crippen LogP contribution in [0.5, 0.6) is 0 Å². The molecule has 1 N–H and O–H groups in total. The van der Waals surface area contributed by atoms with E-state index in [0.717, 1.165) is 6.07 Å². The fourth-order valence-corrected chi connectivity index (χ4v) is 1.67. The van der Waals surface area contributed by atoms with Crippen molar-refractivity contribution >= 4 is 17.2 Å². The second-order valence-electron chi connectivity index (χ2n) is 4.16. The molecule has 2 rings (SSSR count). The molecule has 0 aliphatic carbocycles. The summed E-state index contributed by atoms with van der Waals surface area (Å²) in [5.41, 5.74) is -0.167. The van der Waals surface area contributed by atoms with Gasteiger partial charge in [-0.15, -0.1) is 0 Å². The minimum absolute atomic E-state index is 0.0580. The Morgan fingerprint density at radius 3 is 2.40 bits per heavy atom. The highest BCUT2D eigenvalue weighted by Crippen LogP contribution is 2.35. The molecule has 1 heterocycles. The molecule has 0 radical (unpaired) electrons. The Hall–Kier alpha value is -2.37. The molecular formula is C14H11F3N2O. The molecular weight excluding hydrogens is 269 g/mol. The number of aromatic nitrogens is 1. The zero-order valence-electron chi connectivity index (χ0n) is 10.5. The molecule has 0 aliphatic rings. The van der Waals surface area contributed by atoms with Crippen molar-refractivity contribution < 1.29 is 18.0 Å². The van der Waals surface area contributed by atoms with Crippen LogP contribution in [0, 0.1) is 0 Å². The molecule has 0 amide bonds. The zero-order chi connectivity index (χ0) is 14.8. The van der Waals surface area contributed by atoms with Crippen LogP contribution in [0.3, 0.4) is 0 Å². The largest absolute Gasteiger partial charge is 0.418 e. The molecule has 0 atom stereocenters. The molecule has 20 heavy (non-hydrogen) atoms. The van der Waals surface area contributed by atoms with Gasteiger partial charge in [0.15, 0.2) is 5.78 Å². The highest BCUT2D eigenvalue weighted by Gasteiger charge is 2.33. The lowest BCUT2D eigenvalue weighted by Gasteiger charge is -2.14. The molecule has 0 saturated carbocycles. The van der Waals surface area contributed by atoms with Crippen molar-refractivity contribution in [3.05, 3.63) is 53.9 Å². The van der Waals surface area contributed by atoms with Crippen LogP contribution >= 0.6 is 0 Å². The number of halogens is 3. The van der Waals surface area contributed by atoms with Crippen molar-refractivity contribution in [3.63, 3.8) is 0 Å². The summed E-state index contributed by atoms with van der Waals surface area (Å²) >= 11 is 0. The number of hydrogen-bond donors (Lipinski definition) is 1. The first-order valence-corrected chi connectivity index (χ1v) is 5.78. The number of anilines is 2. The molecule has 3 nitrogen and oxygen atoms in total. The van der Waals surface area contributed by atoms with Crippen molar-refractivity contribution in [2.24, 2.45) is 0 Å². The van der Waals surface area contributed by atoms with Crippen LogP contribution in [0.25, 0.3) is 0 Å². The summed E-state index contributed by atoms with van der Waals surface area (Å²) in [7, 11) is 0. The van der Waals surface area contributed by atoms with Crippen molar-refractivity contribution in [2.45, 2.75) is 13.1 Å². The van der Waals surface area contributed by atoms with E-state index >= 15 is 0 Å². The van der Waals surface area contributed by atoms with Gasteiger partial charge in [-0.05, 0) is 24.3 Å². The predicted octanol–water partition coefficient (Wildman–Crippen LogP) is 4.05. The van der Waals surface area contributed by atoms with E-state index < -0.39 is 11.7 Å². The summed E-state index contributed by atoms with van der Waals surface area (Å²) in [6, 6.07) is 8.14. The number of alkyl halides is 3. The SMILES string of the molecule is CC(=O)c1ccc(Nc2ccccc2C(F)(F)F)cn1. The monoisotopic (exact) mass is 280 g/mol. The normalized spacial score (nSPS) is 11.2. The number of hydrogen-bond acceptors (Lipinski definition) is 3. The molecule has 0 unspecified atom stereocenters. The van der Waals surface area contributed by atoms with Gasteiger partial charge in [-0.25, -0.2) is 0 Å². The average molecular weight is 280 g/mol. The fraction of sp³-hybridized carbons (Fsp3) is 0.143. The number of nitrogens with zero attached hydrogens (tertiary/aromatic N) is 1. The van der Waals surface area contributed by atoms with Gasteiger partial charge in [0.05, 0.1) is 23.1 Å². The Bertz CT molecular complexity index is 621. The number of rotatable bonds is 3. The van der Waals surface area contributed by atoms with Crippen molar-refractivity contribution in [1.82, 2.24) is 4.98 Å². The van der Waals surface area contributed by atoms with E-state index in [4.69, 9.17) is 0 Å². The van der Waals surface area contributed by atoms with E-state index in [1.165, 1.54) is 43.5 Å². The number of nitrogens with one attached hydrogen (secondary N) is 1. The number of Topliss-reactive ketones (excluding diaryl/α,β-unsaturated/α-hetero) is 1. The summed E-state index contributed by atoms with van der Waals surface area (Å²) in [6.07, 6.45) is -3.11. The van der Waals surface area contributed by atoms with Gasteiger partial charge >= 0.3 is 6.18 Å². The average Bonchev–Trinajstić information content (AvgIpc) is 2.38. The number of pyridine rings is 1. The number of ketones is 1. The van der Waals surface area contributed by atoms with E-state index in [1.54, 1.807) is 0 Å². The van der Waals surface area contributed by atoms with Gasteiger partial charge in [-0.3, -0.25) is 9.78 Å². The summed E-state index contributed by atoms with van der Waals surface area (Å²) in [6.45, 7) is 1.37. The summed E-state index contributed by atoms with van der Waals surface area (Å²) < 4.78 is 38.5. The zero-order valence-corrected chi connectivity index (χ0v) is 10.5. The van der Waals surface area contributed by atoms with Gasteiger partial charge in [0.25, 0.3) is 0 Å². The maximum atomic E-state index is 12.8. The third-order valence-corrected chi connectivity index (χ3v) is 2.64. The van der Waals surface area contributed by atoms with Crippen LogP contribution in [0.1, 0.15) is 23.0 Å². The maximum Gasteiger partial charge on any atom is 0.418 e. The third kappa shape index (κ3) is 3.14. The first-order chi connectivity index (χ1) is 9.38. The minimum atomic E-state index is -4.43. The molecule has 0 spiro atoms. The van der Waals surface area contributed by atoms with Crippen molar-refractivity contribution in [2.75, 3.05) is 5.32 Å². The molecule has 2 aromatic rings. The first kappa shape index (κ1) is 14.0. The standard InChI is InChI=1S/C14H11F3N2O/c1-9(20)12-7-6-10(8-18-12)19-13-5-3-2-4-11(13)14(15,16)17/h2-8,19H,1H3. The molecule has 1 aromatic heterocycles. The smallest absolute Gasteiger partial charge is 0.354 e. The summed E-state index contributed by atoms with van der Waals surface area (Å²) in [4.78, 5) is 14.9. The Kier molecular flexibility index (Phi) is 3.74. The molecule has 0 fully saturated rings. The lowest BCUT2D eigenvalue weighted by atomic mass is 10.1. The third-order valence-electron chi connectivity index (χ3n) is 2.64. The lowest BCUT2D eigenvalue weighted by Crippen LogP contribution is -2.08. The predicted molar refractivity (Wildman–Crippen MR) is 69.0 cm³/mol. The Labute approximate surface area is 113 Å². The van der Waals surface area contributed by atoms with Gasteiger partial charge in [-0.1, -0.05) is 12.1 Å². The summed E-state index contributed by atoms with van der Waals surface area (Å²) in [5, 5.41) is 2.65. The van der Waals surface area contributed by atoms with Crippen LogP contribution in [0.4, 0.5) is 24.5 Å². The van der Waals surface area contributed by atoms with Gasteiger partial charge in [-0.2, -0.15) is 13.2 Å². The van der Waals surface area contributed by atoms with E-state index in [-0.39, 0.29) is 17.2 Å². The van der Waals surface area contributed by atoms with Gasteiger partial charge < -0.3 is 5.32 Å². The number of carbonyl (C=O) groups is 1.